The van der Waals surface area contributed by atoms with E-state index in [4.69, 9.17) is 22.1 Å². The highest BCUT2D eigenvalue weighted by Gasteiger charge is 2.17. The van der Waals surface area contributed by atoms with Crippen molar-refractivity contribution in [3.05, 3.63) is 40.8 Å². The van der Waals surface area contributed by atoms with Gasteiger partial charge in [-0.05, 0) is 18.4 Å². The second-order valence-corrected chi connectivity index (χ2v) is 5.03. The van der Waals surface area contributed by atoms with Crippen LogP contribution in [-0.2, 0) is 13.0 Å². The Balaban J connectivity index is 2.14. The van der Waals surface area contributed by atoms with E-state index in [9.17, 15) is 0 Å². The topological polar surface area (TPSA) is 66.0 Å². The Kier molecular flexibility index (Phi) is 4.98. The monoisotopic (exact) mass is 294 g/mol. The van der Waals surface area contributed by atoms with E-state index < -0.39 is 0 Å². The number of nitrogens with zero attached hydrogens (tertiary/aromatic N) is 3. The standard InChI is InChI=1S/C14H19ClN4O/c1-3-6-19-14(11(15)9-18-19)12(16)7-10-4-5-13(20-2)17-8-10/h4-5,8-9,12H,3,6-7,16H2,1-2H3. The third-order valence-electron chi connectivity index (χ3n) is 3.08. The van der Waals surface area contributed by atoms with Gasteiger partial charge in [0, 0.05) is 18.8 Å². The molecular formula is C14H19ClN4O. The molecule has 0 fully saturated rings. The summed E-state index contributed by atoms with van der Waals surface area (Å²) >= 11 is 6.19. The smallest absolute Gasteiger partial charge is 0.212 e. The molecule has 2 aromatic rings. The Labute approximate surface area is 123 Å². The number of halogens is 1. The van der Waals surface area contributed by atoms with Crippen LogP contribution in [0, 0.1) is 0 Å². The van der Waals surface area contributed by atoms with E-state index in [1.54, 1.807) is 19.5 Å². The van der Waals surface area contributed by atoms with E-state index in [0.29, 0.717) is 17.3 Å². The lowest BCUT2D eigenvalue weighted by atomic mass is 10.1. The van der Waals surface area contributed by atoms with Crippen molar-refractivity contribution in [2.75, 3.05) is 7.11 Å². The van der Waals surface area contributed by atoms with E-state index in [0.717, 1.165) is 24.2 Å². The Morgan fingerprint density at radius 3 is 2.80 bits per heavy atom. The van der Waals surface area contributed by atoms with Crippen LogP contribution in [0.1, 0.15) is 30.6 Å². The molecule has 0 aromatic carbocycles. The first kappa shape index (κ1) is 14.8. The summed E-state index contributed by atoms with van der Waals surface area (Å²) in [6.07, 6.45) is 5.07. The van der Waals surface area contributed by atoms with Crippen LogP contribution in [0.5, 0.6) is 5.88 Å². The predicted molar refractivity (Wildman–Crippen MR) is 78.9 cm³/mol. The van der Waals surface area contributed by atoms with Crippen molar-refractivity contribution in [1.82, 2.24) is 14.8 Å². The number of methoxy groups -OCH3 is 1. The van der Waals surface area contributed by atoms with E-state index in [1.807, 2.05) is 16.8 Å². The van der Waals surface area contributed by atoms with Crippen LogP contribution in [0.4, 0.5) is 0 Å². The molecule has 2 heterocycles. The molecule has 0 spiro atoms. The van der Waals surface area contributed by atoms with Gasteiger partial charge in [0.05, 0.1) is 30.1 Å². The lowest BCUT2D eigenvalue weighted by Gasteiger charge is -2.15. The Morgan fingerprint density at radius 1 is 1.40 bits per heavy atom. The molecule has 2 rings (SSSR count). The van der Waals surface area contributed by atoms with Crippen molar-refractivity contribution in [3.63, 3.8) is 0 Å². The second kappa shape index (κ2) is 6.72. The van der Waals surface area contributed by atoms with E-state index in [1.165, 1.54) is 0 Å². The lowest BCUT2D eigenvalue weighted by Crippen LogP contribution is -2.19. The zero-order valence-corrected chi connectivity index (χ0v) is 12.5. The lowest BCUT2D eigenvalue weighted by molar-refractivity contribution is 0.397. The van der Waals surface area contributed by atoms with E-state index >= 15 is 0 Å². The Morgan fingerprint density at radius 2 is 2.20 bits per heavy atom. The van der Waals surface area contributed by atoms with Gasteiger partial charge in [0.25, 0.3) is 0 Å². The van der Waals surface area contributed by atoms with Gasteiger partial charge in [-0.25, -0.2) is 4.98 Å². The maximum absolute atomic E-state index is 6.27. The van der Waals surface area contributed by atoms with Crippen LogP contribution in [0.15, 0.2) is 24.5 Å². The second-order valence-electron chi connectivity index (χ2n) is 4.62. The minimum Gasteiger partial charge on any atom is -0.481 e. The molecular weight excluding hydrogens is 276 g/mol. The third kappa shape index (κ3) is 3.29. The molecule has 2 N–H and O–H groups in total. The van der Waals surface area contributed by atoms with Gasteiger partial charge in [-0.1, -0.05) is 24.6 Å². The van der Waals surface area contributed by atoms with Gasteiger partial charge in [-0.15, -0.1) is 0 Å². The number of pyridine rings is 1. The third-order valence-corrected chi connectivity index (χ3v) is 3.37. The van der Waals surface area contributed by atoms with Gasteiger partial charge >= 0.3 is 0 Å². The fraction of sp³-hybridized carbons (Fsp3) is 0.429. The quantitative estimate of drug-likeness (QED) is 0.889. The van der Waals surface area contributed by atoms with Crippen molar-refractivity contribution >= 4 is 11.6 Å². The fourth-order valence-corrected chi connectivity index (χ4v) is 2.41. The highest BCUT2D eigenvalue weighted by molar-refractivity contribution is 6.31. The van der Waals surface area contributed by atoms with Crippen LogP contribution >= 0.6 is 11.6 Å². The summed E-state index contributed by atoms with van der Waals surface area (Å²) in [5, 5.41) is 4.88. The fourth-order valence-electron chi connectivity index (χ4n) is 2.13. The summed E-state index contributed by atoms with van der Waals surface area (Å²) in [7, 11) is 1.59. The van der Waals surface area contributed by atoms with Gasteiger partial charge in [-0.2, -0.15) is 5.10 Å². The van der Waals surface area contributed by atoms with Crippen LogP contribution in [0.25, 0.3) is 0 Å². The van der Waals surface area contributed by atoms with Crippen LogP contribution in [0.2, 0.25) is 5.02 Å². The van der Waals surface area contributed by atoms with Crippen molar-refractivity contribution < 1.29 is 4.74 Å². The highest BCUT2D eigenvalue weighted by atomic mass is 35.5. The van der Waals surface area contributed by atoms with Gasteiger partial charge in [-0.3, -0.25) is 4.68 Å². The summed E-state index contributed by atoms with van der Waals surface area (Å²) in [5.41, 5.74) is 8.19. The summed E-state index contributed by atoms with van der Waals surface area (Å²) in [6.45, 7) is 2.91. The number of nitrogens with two attached hydrogens (primary N) is 1. The highest BCUT2D eigenvalue weighted by Crippen LogP contribution is 2.24. The molecule has 0 saturated carbocycles. The summed E-state index contributed by atoms with van der Waals surface area (Å²) in [6, 6.07) is 3.58. The maximum Gasteiger partial charge on any atom is 0.212 e. The number of aromatic nitrogens is 3. The molecule has 0 aliphatic rings. The van der Waals surface area contributed by atoms with Gasteiger partial charge in [0.15, 0.2) is 0 Å². The molecule has 0 bridgehead atoms. The van der Waals surface area contributed by atoms with E-state index in [2.05, 4.69) is 17.0 Å². The Bertz CT molecular complexity index is 553. The number of aryl methyl sites for hydroxylation is 1. The molecule has 1 unspecified atom stereocenters. The van der Waals surface area contributed by atoms with Crippen molar-refractivity contribution in [2.24, 2.45) is 5.73 Å². The molecule has 0 radical (unpaired) electrons. The first-order valence-electron chi connectivity index (χ1n) is 6.61. The van der Waals surface area contributed by atoms with Gasteiger partial charge in [0.2, 0.25) is 5.88 Å². The minimum atomic E-state index is -0.202. The molecule has 1 atom stereocenters. The first-order valence-corrected chi connectivity index (χ1v) is 6.99. The molecule has 0 amide bonds. The molecule has 6 heteroatoms. The van der Waals surface area contributed by atoms with Crippen molar-refractivity contribution in [2.45, 2.75) is 32.4 Å². The SMILES string of the molecule is CCCn1ncc(Cl)c1C(N)Cc1ccc(OC)nc1. The van der Waals surface area contributed by atoms with Crippen LogP contribution in [0.3, 0.4) is 0 Å². The average molecular weight is 295 g/mol. The zero-order chi connectivity index (χ0) is 14.5. The zero-order valence-electron chi connectivity index (χ0n) is 11.7. The molecule has 5 nitrogen and oxygen atoms in total. The first-order chi connectivity index (χ1) is 9.65. The maximum atomic E-state index is 6.27. The number of hydrogen-bond acceptors (Lipinski definition) is 4. The van der Waals surface area contributed by atoms with E-state index in [-0.39, 0.29) is 6.04 Å². The summed E-state index contributed by atoms with van der Waals surface area (Å²) in [5.74, 6) is 0.594. The molecule has 0 aliphatic heterocycles. The number of rotatable bonds is 6. The number of hydrogen-bond donors (Lipinski definition) is 1. The summed E-state index contributed by atoms with van der Waals surface area (Å²) in [4.78, 5) is 4.18. The average Bonchev–Trinajstić information content (AvgIpc) is 2.81. The van der Waals surface area contributed by atoms with Crippen LogP contribution < -0.4 is 10.5 Å². The minimum absolute atomic E-state index is 0.202. The van der Waals surface area contributed by atoms with Crippen molar-refractivity contribution in [3.8, 4) is 5.88 Å². The molecule has 2 aromatic heterocycles. The van der Waals surface area contributed by atoms with Crippen molar-refractivity contribution in [1.29, 1.82) is 0 Å². The normalized spacial score (nSPS) is 12.4. The number of ether oxygens (including phenoxy) is 1. The Hall–Kier alpha value is -1.59. The largest absolute Gasteiger partial charge is 0.481 e. The van der Waals surface area contributed by atoms with Gasteiger partial charge in [0.1, 0.15) is 0 Å². The molecule has 20 heavy (non-hydrogen) atoms. The predicted octanol–water partition coefficient (Wildman–Crippen LogP) is 2.59. The molecule has 108 valence electrons. The molecule has 0 aliphatic carbocycles. The molecule has 0 saturated heterocycles. The van der Waals surface area contributed by atoms with Crippen LogP contribution in [-0.4, -0.2) is 21.9 Å². The van der Waals surface area contributed by atoms with Gasteiger partial charge < -0.3 is 10.5 Å². The summed E-state index contributed by atoms with van der Waals surface area (Å²) < 4.78 is 6.92.